The van der Waals surface area contributed by atoms with Gasteiger partial charge in [-0.15, -0.1) is 0 Å². The molecule has 1 fully saturated rings. The molecular formula is C12H14ClNO5. The molecule has 1 aromatic rings. The molecule has 6 nitrogen and oxygen atoms in total. The van der Waals surface area contributed by atoms with E-state index < -0.39 is 4.92 Å². The molecular weight excluding hydrogens is 274 g/mol. The van der Waals surface area contributed by atoms with E-state index in [0.29, 0.717) is 32.0 Å². The number of hydrogen-bond acceptors (Lipinski definition) is 5. The van der Waals surface area contributed by atoms with Crippen LogP contribution in [0.1, 0.15) is 12.8 Å². The summed E-state index contributed by atoms with van der Waals surface area (Å²) in [6, 6.07) is 4.11. The first kappa shape index (κ1) is 14.0. The molecule has 19 heavy (non-hydrogen) atoms. The van der Waals surface area contributed by atoms with E-state index >= 15 is 0 Å². The SMILES string of the molecule is O=[N+]([O-])c1ccc(OCCC2OCCCO2)c(Cl)c1. The van der Waals surface area contributed by atoms with Crippen molar-refractivity contribution < 1.29 is 19.1 Å². The summed E-state index contributed by atoms with van der Waals surface area (Å²) < 4.78 is 16.2. The van der Waals surface area contributed by atoms with Gasteiger partial charge in [0.05, 0.1) is 29.8 Å². The van der Waals surface area contributed by atoms with Gasteiger partial charge in [-0.05, 0) is 12.5 Å². The molecule has 0 N–H and O–H groups in total. The molecule has 0 saturated carbocycles. The van der Waals surface area contributed by atoms with E-state index in [9.17, 15) is 10.1 Å². The topological polar surface area (TPSA) is 70.8 Å². The lowest BCUT2D eigenvalue weighted by atomic mass is 10.3. The average molecular weight is 288 g/mol. The highest BCUT2D eigenvalue weighted by Crippen LogP contribution is 2.28. The maximum Gasteiger partial charge on any atom is 0.271 e. The Hall–Kier alpha value is -1.37. The molecule has 1 saturated heterocycles. The first-order chi connectivity index (χ1) is 9.16. The number of nitrogens with zero attached hydrogens (tertiary/aromatic N) is 1. The molecule has 2 rings (SSSR count). The summed E-state index contributed by atoms with van der Waals surface area (Å²) in [5, 5.41) is 10.8. The number of nitro groups is 1. The fraction of sp³-hybridized carbons (Fsp3) is 0.500. The highest BCUT2D eigenvalue weighted by Gasteiger charge is 2.15. The van der Waals surface area contributed by atoms with Crippen LogP contribution in [0.2, 0.25) is 5.02 Å². The van der Waals surface area contributed by atoms with Crippen molar-refractivity contribution in [3.63, 3.8) is 0 Å². The second-order valence-corrected chi connectivity index (χ2v) is 4.44. The number of non-ortho nitro benzene ring substituents is 1. The van der Waals surface area contributed by atoms with Crippen LogP contribution >= 0.6 is 11.6 Å². The van der Waals surface area contributed by atoms with Gasteiger partial charge in [0.25, 0.3) is 5.69 Å². The third kappa shape index (κ3) is 4.05. The number of rotatable bonds is 5. The van der Waals surface area contributed by atoms with Crippen LogP contribution in [0.25, 0.3) is 0 Å². The lowest BCUT2D eigenvalue weighted by molar-refractivity contribution is -0.384. The molecule has 1 aliphatic rings. The molecule has 7 heteroatoms. The van der Waals surface area contributed by atoms with E-state index in [4.69, 9.17) is 25.8 Å². The normalized spacial score (nSPS) is 16.3. The van der Waals surface area contributed by atoms with Crippen LogP contribution in [0.5, 0.6) is 5.75 Å². The molecule has 0 amide bonds. The maximum absolute atomic E-state index is 10.6. The van der Waals surface area contributed by atoms with Crippen LogP contribution in [0.15, 0.2) is 18.2 Å². The minimum absolute atomic E-state index is 0.0590. The highest BCUT2D eigenvalue weighted by molar-refractivity contribution is 6.32. The van der Waals surface area contributed by atoms with Crippen LogP contribution in [0.3, 0.4) is 0 Å². The maximum atomic E-state index is 10.6. The number of nitro benzene ring substituents is 1. The molecule has 1 aromatic carbocycles. The van der Waals surface area contributed by atoms with Gasteiger partial charge in [-0.2, -0.15) is 0 Å². The van der Waals surface area contributed by atoms with Crippen LogP contribution in [-0.4, -0.2) is 31.0 Å². The van der Waals surface area contributed by atoms with Gasteiger partial charge in [0, 0.05) is 18.6 Å². The third-order valence-electron chi connectivity index (χ3n) is 2.63. The number of hydrogen-bond donors (Lipinski definition) is 0. The number of benzene rings is 1. The van der Waals surface area contributed by atoms with Crippen molar-refractivity contribution in [1.82, 2.24) is 0 Å². The third-order valence-corrected chi connectivity index (χ3v) is 2.93. The summed E-state index contributed by atoms with van der Waals surface area (Å²) in [7, 11) is 0. The van der Waals surface area contributed by atoms with Gasteiger partial charge in [-0.25, -0.2) is 0 Å². The second-order valence-electron chi connectivity index (χ2n) is 4.03. The van der Waals surface area contributed by atoms with Gasteiger partial charge in [0.1, 0.15) is 5.75 Å². The summed E-state index contributed by atoms with van der Waals surface area (Å²) in [6.07, 6.45) is 1.25. The van der Waals surface area contributed by atoms with Crippen molar-refractivity contribution in [2.75, 3.05) is 19.8 Å². The number of ether oxygens (including phenoxy) is 3. The van der Waals surface area contributed by atoms with Crippen LogP contribution < -0.4 is 4.74 Å². The quantitative estimate of drug-likeness (QED) is 0.615. The zero-order valence-corrected chi connectivity index (χ0v) is 11.0. The van der Waals surface area contributed by atoms with E-state index in [1.54, 1.807) is 0 Å². The first-order valence-electron chi connectivity index (χ1n) is 5.97. The Morgan fingerprint density at radius 1 is 1.42 bits per heavy atom. The molecule has 1 aliphatic heterocycles. The Morgan fingerprint density at radius 2 is 2.16 bits per heavy atom. The van der Waals surface area contributed by atoms with E-state index in [1.807, 2.05) is 0 Å². The van der Waals surface area contributed by atoms with E-state index in [1.165, 1.54) is 18.2 Å². The molecule has 0 spiro atoms. The minimum Gasteiger partial charge on any atom is -0.492 e. The van der Waals surface area contributed by atoms with Crippen molar-refractivity contribution in [1.29, 1.82) is 0 Å². The predicted molar refractivity (Wildman–Crippen MR) is 68.5 cm³/mol. The lowest BCUT2D eigenvalue weighted by Gasteiger charge is -2.23. The van der Waals surface area contributed by atoms with Crippen molar-refractivity contribution >= 4 is 17.3 Å². The van der Waals surface area contributed by atoms with E-state index in [-0.39, 0.29) is 17.0 Å². The zero-order chi connectivity index (χ0) is 13.7. The van der Waals surface area contributed by atoms with Gasteiger partial charge in [-0.1, -0.05) is 11.6 Å². The Bertz CT molecular complexity index is 448. The summed E-state index contributed by atoms with van der Waals surface area (Å²) in [5.74, 6) is 0.420. The molecule has 0 aliphatic carbocycles. The standard InChI is InChI=1S/C12H14ClNO5/c13-10-8-9(14(15)16)2-3-11(10)17-7-4-12-18-5-1-6-19-12/h2-3,8,12H,1,4-7H2. The summed E-state index contributed by atoms with van der Waals surface area (Å²) in [5.41, 5.74) is -0.0590. The van der Waals surface area contributed by atoms with Crippen molar-refractivity contribution in [2.45, 2.75) is 19.1 Å². The molecule has 1 heterocycles. The summed E-state index contributed by atoms with van der Waals surface area (Å²) in [6.45, 7) is 1.77. The monoisotopic (exact) mass is 287 g/mol. The minimum atomic E-state index is -0.501. The fourth-order valence-electron chi connectivity index (χ4n) is 1.69. The van der Waals surface area contributed by atoms with Gasteiger partial charge in [-0.3, -0.25) is 10.1 Å². The smallest absolute Gasteiger partial charge is 0.271 e. The first-order valence-corrected chi connectivity index (χ1v) is 6.34. The Labute approximate surface area is 115 Å². The Kier molecular flexibility index (Phi) is 4.95. The summed E-state index contributed by atoms with van der Waals surface area (Å²) >= 11 is 5.90. The average Bonchev–Trinajstić information content (AvgIpc) is 2.41. The molecule has 104 valence electrons. The van der Waals surface area contributed by atoms with Gasteiger partial charge >= 0.3 is 0 Å². The second kappa shape index (κ2) is 6.70. The lowest BCUT2D eigenvalue weighted by Crippen LogP contribution is -2.26. The van der Waals surface area contributed by atoms with E-state index in [0.717, 1.165) is 6.42 Å². The molecule has 0 aromatic heterocycles. The largest absolute Gasteiger partial charge is 0.492 e. The van der Waals surface area contributed by atoms with Crippen molar-refractivity contribution in [3.05, 3.63) is 33.3 Å². The number of halogens is 1. The zero-order valence-electron chi connectivity index (χ0n) is 10.2. The van der Waals surface area contributed by atoms with Crippen LogP contribution in [-0.2, 0) is 9.47 Å². The predicted octanol–water partition coefficient (Wildman–Crippen LogP) is 2.78. The molecule has 0 atom stereocenters. The fourth-order valence-corrected chi connectivity index (χ4v) is 1.92. The Balaban J connectivity index is 1.83. The van der Waals surface area contributed by atoms with E-state index in [2.05, 4.69) is 0 Å². The van der Waals surface area contributed by atoms with Gasteiger partial charge in [0.15, 0.2) is 6.29 Å². The molecule has 0 unspecified atom stereocenters. The van der Waals surface area contributed by atoms with Crippen molar-refractivity contribution in [2.24, 2.45) is 0 Å². The molecule has 0 bridgehead atoms. The van der Waals surface area contributed by atoms with Crippen LogP contribution in [0, 0.1) is 10.1 Å². The highest BCUT2D eigenvalue weighted by atomic mass is 35.5. The van der Waals surface area contributed by atoms with Gasteiger partial charge in [0.2, 0.25) is 0 Å². The van der Waals surface area contributed by atoms with Crippen molar-refractivity contribution in [3.8, 4) is 5.75 Å². The summed E-state index contributed by atoms with van der Waals surface area (Å²) in [4.78, 5) is 10.1. The van der Waals surface area contributed by atoms with Gasteiger partial charge < -0.3 is 14.2 Å². The Morgan fingerprint density at radius 3 is 2.79 bits per heavy atom. The molecule has 0 radical (unpaired) electrons. The van der Waals surface area contributed by atoms with Crippen LogP contribution in [0.4, 0.5) is 5.69 Å².